The average Bonchev–Trinajstić information content (AvgIpc) is 3.14. The fraction of sp³-hybridized carbons (Fsp3) is 0.375. The lowest BCUT2D eigenvalue weighted by Gasteiger charge is -2.21. The third-order valence-corrected chi connectivity index (χ3v) is 3.88. The van der Waals surface area contributed by atoms with Gasteiger partial charge < -0.3 is 14.2 Å². The first-order valence-electron chi connectivity index (χ1n) is 7.45. The minimum Gasteiger partial charge on any atom is -0.476 e. The Morgan fingerprint density at radius 3 is 2.71 bits per heavy atom. The van der Waals surface area contributed by atoms with Gasteiger partial charge in [0.15, 0.2) is 5.67 Å². The van der Waals surface area contributed by atoms with E-state index in [1.54, 1.807) is 6.92 Å². The number of ether oxygens (including phenoxy) is 1. The number of benzene rings is 1. The third kappa shape index (κ3) is 3.08. The second-order valence-corrected chi connectivity index (χ2v) is 5.56. The van der Waals surface area contributed by atoms with E-state index in [1.807, 2.05) is 0 Å². The Kier molecular flexibility index (Phi) is 4.21. The van der Waals surface area contributed by atoms with Gasteiger partial charge in [-0.3, -0.25) is 4.79 Å². The minimum atomic E-state index is -2.01. The van der Waals surface area contributed by atoms with Gasteiger partial charge >= 0.3 is 0 Å². The highest BCUT2D eigenvalue weighted by Crippen LogP contribution is 2.37. The van der Waals surface area contributed by atoms with Crippen molar-refractivity contribution in [2.45, 2.75) is 19.0 Å². The second kappa shape index (κ2) is 6.18. The minimum absolute atomic E-state index is 0.0614. The average molecular weight is 340 g/mol. The molecule has 0 saturated carbocycles. The predicted molar refractivity (Wildman–Crippen MR) is 77.3 cm³/mol. The van der Waals surface area contributed by atoms with Gasteiger partial charge in [-0.1, -0.05) is 0 Å². The Bertz CT molecular complexity index is 745. The first-order chi connectivity index (χ1) is 11.4. The van der Waals surface area contributed by atoms with Gasteiger partial charge in [0.05, 0.1) is 19.2 Å². The summed E-state index contributed by atoms with van der Waals surface area (Å²) in [5.41, 5.74) is -2.13. The van der Waals surface area contributed by atoms with Gasteiger partial charge in [-0.15, -0.1) is 0 Å². The summed E-state index contributed by atoms with van der Waals surface area (Å²) >= 11 is 0. The van der Waals surface area contributed by atoms with Crippen LogP contribution in [0.15, 0.2) is 28.8 Å². The molecular weight excluding hydrogens is 325 g/mol. The van der Waals surface area contributed by atoms with E-state index in [1.165, 1.54) is 11.0 Å². The number of hydrogen-bond donors (Lipinski definition) is 0. The summed E-state index contributed by atoms with van der Waals surface area (Å²) in [5, 5.41) is 3.58. The first-order valence-corrected chi connectivity index (χ1v) is 7.45. The summed E-state index contributed by atoms with van der Waals surface area (Å²) in [6, 6.07) is 3.89. The molecule has 24 heavy (non-hydrogen) atoms. The Morgan fingerprint density at radius 2 is 2.04 bits per heavy atom. The van der Waals surface area contributed by atoms with Gasteiger partial charge in [-0.25, -0.2) is 13.2 Å². The van der Waals surface area contributed by atoms with E-state index in [0.717, 1.165) is 12.1 Å². The number of aromatic nitrogens is 1. The molecule has 5 nitrogen and oxygen atoms in total. The van der Waals surface area contributed by atoms with Gasteiger partial charge in [0.1, 0.15) is 11.6 Å². The monoisotopic (exact) mass is 340 g/mol. The number of carbonyl (C=O) groups excluding carboxylic acids is 1. The number of carbonyl (C=O) groups is 1. The summed E-state index contributed by atoms with van der Waals surface area (Å²) in [6.45, 7) is 1.90. The van der Waals surface area contributed by atoms with Gasteiger partial charge in [0.2, 0.25) is 5.76 Å². The molecule has 3 rings (SSSR count). The molecule has 128 valence electrons. The number of likely N-dealkylation sites (tertiary alicyclic amines) is 1. The first kappa shape index (κ1) is 16.4. The van der Waals surface area contributed by atoms with E-state index >= 15 is 4.39 Å². The fourth-order valence-electron chi connectivity index (χ4n) is 2.73. The summed E-state index contributed by atoms with van der Waals surface area (Å²) in [7, 11) is 0. The lowest BCUT2D eigenvalue weighted by atomic mass is 9.95. The van der Waals surface area contributed by atoms with Crippen molar-refractivity contribution in [2.24, 2.45) is 0 Å². The quantitative estimate of drug-likeness (QED) is 0.858. The molecule has 0 bridgehead atoms. The summed E-state index contributed by atoms with van der Waals surface area (Å²) in [6.07, 6.45) is -0.0614. The highest BCUT2D eigenvalue weighted by molar-refractivity contribution is 5.92. The number of amides is 1. The van der Waals surface area contributed by atoms with Crippen LogP contribution in [-0.4, -0.2) is 35.7 Å². The summed E-state index contributed by atoms with van der Waals surface area (Å²) < 4.78 is 51.7. The van der Waals surface area contributed by atoms with E-state index in [-0.39, 0.29) is 36.7 Å². The molecule has 1 atom stereocenters. The van der Waals surface area contributed by atoms with Crippen molar-refractivity contribution >= 4 is 5.91 Å². The fourth-order valence-corrected chi connectivity index (χ4v) is 2.73. The number of hydrogen-bond acceptors (Lipinski definition) is 4. The number of rotatable bonds is 4. The van der Waals surface area contributed by atoms with Crippen LogP contribution in [0.3, 0.4) is 0 Å². The maximum Gasteiger partial charge on any atom is 0.292 e. The van der Waals surface area contributed by atoms with E-state index in [4.69, 9.17) is 9.26 Å². The molecule has 0 N–H and O–H groups in total. The smallest absolute Gasteiger partial charge is 0.292 e. The predicted octanol–water partition coefficient (Wildman–Crippen LogP) is 3.06. The van der Waals surface area contributed by atoms with Crippen LogP contribution in [0.1, 0.15) is 29.5 Å². The maximum absolute atomic E-state index is 15.1. The molecule has 1 amide bonds. The number of nitrogens with zero attached hydrogens (tertiary/aromatic N) is 2. The Balaban J connectivity index is 1.77. The highest BCUT2D eigenvalue weighted by atomic mass is 19.1. The lowest BCUT2D eigenvalue weighted by Crippen LogP contribution is -2.32. The molecule has 1 saturated heterocycles. The van der Waals surface area contributed by atoms with Gasteiger partial charge in [-0.05, 0) is 29.8 Å². The van der Waals surface area contributed by atoms with Gasteiger partial charge in [0.25, 0.3) is 11.8 Å². The molecule has 0 aliphatic carbocycles. The van der Waals surface area contributed by atoms with E-state index < -0.39 is 23.2 Å². The van der Waals surface area contributed by atoms with Crippen molar-refractivity contribution in [3.8, 4) is 5.88 Å². The largest absolute Gasteiger partial charge is 0.476 e. The van der Waals surface area contributed by atoms with Crippen molar-refractivity contribution in [3.63, 3.8) is 0 Å². The van der Waals surface area contributed by atoms with Crippen LogP contribution in [-0.2, 0) is 5.67 Å². The van der Waals surface area contributed by atoms with Crippen LogP contribution in [0, 0.1) is 11.6 Å². The molecule has 1 aromatic heterocycles. The van der Waals surface area contributed by atoms with E-state index in [9.17, 15) is 13.6 Å². The van der Waals surface area contributed by atoms with E-state index in [0.29, 0.717) is 12.7 Å². The molecule has 8 heteroatoms. The van der Waals surface area contributed by atoms with Gasteiger partial charge in [-0.2, -0.15) is 0 Å². The molecule has 1 aliphatic rings. The van der Waals surface area contributed by atoms with Crippen LogP contribution in [0.4, 0.5) is 13.2 Å². The summed E-state index contributed by atoms with van der Waals surface area (Å²) in [5.74, 6) is -2.18. The standard InChI is InChI=1S/C16H15F3N2O3/c1-2-23-14-8-13(24-20-14)15(22)21-4-3-16(19,9-21)10-5-11(17)7-12(18)6-10/h5-8H,2-4,9H2,1H3. The van der Waals surface area contributed by atoms with Crippen molar-refractivity contribution < 1.29 is 27.2 Å². The Morgan fingerprint density at radius 1 is 1.33 bits per heavy atom. The molecule has 2 heterocycles. The van der Waals surface area contributed by atoms with Crippen LogP contribution in [0.5, 0.6) is 5.88 Å². The van der Waals surface area contributed by atoms with Gasteiger partial charge in [0, 0.05) is 19.0 Å². The van der Waals surface area contributed by atoms with Crippen LogP contribution < -0.4 is 4.74 Å². The van der Waals surface area contributed by atoms with Crippen LogP contribution in [0.25, 0.3) is 0 Å². The molecule has 0 radical (unpaired) electrons. The third-order valence-electron chi connectivity index (χ3n) is 3.88. The molecule has 1 aromatic carbocycles. The van der Waals surface area contributed by atoms with Crippen molar-refractivity contribution in [3.05, 3.63) is 47.2 Å². The van der Waals surface area contributed by atoms with Crippen LogP contribution in [0.2, 0.25) is 0 Å². The maximum atomic E-state index is 15.1. The summed E-state index contributed by atoms with van der Waals surface area (Å²) in [4.78, 5) is 13.6. The topological polar surface area (TPSA) is 55.6 Å². The van der Waals surface area contributed by atoms with Crippen molar-refractivity contribution in [2.75, 3.05) is 19.7 Å². The normalized spacial score (nSPS) is 20.4. The van der Waals surface area contributed by atoms with Crippen molar-refractivity contribution in [1.82, 2.24) is 10.1 Å². The SMILES string of the molecule is CCOc1cc(C(=O)N2CCC(F)(c3cc(F)cc(F)c3)C2)on1. The van der Waals surface area contributed by atoms with Crippen LogP contribution >= 0.6 is 0 Å². The lowest BCUT2D eigenvalue weighted by molar-refractivity contribution is 0.0709. The van der Waals surface area contributed by atoms with E-state index in [2.05, 4.69) is 5.16 Å². The molecule has 2 aromatic rings. The molecule has 1 aliphatic heterocycles. The zero-order valence-corrected chi connectivity index (χ0v) is 12.9. The highest BCUT2D eigenvalue weighted by Gasteiger charge is 2.43. The van der Waals surface area contributed by atoms with Crippen molar-refractivity contribution in [1.29, 1.82) is 0 Å². The zero-order valence-electron chi connectivity index (χ0n) is 12.9. The zero-order chi connectivity index (χ0) is 17.3. The number of alkyl halides is 1. The molecule has 0 spiro atoms. The molecule has 1 fully saturated rings. The molecule has 1 unspecified atom stereocenters. The number of halogens is 3. The second-order valence-electron chi connectivity index (χ2n) is 5.56. The molecular formula is C16H15F3N2O3. The Hall–Kier alpha value is -2.51. The Labute approximate surface area is 136 Å².